The van der Waals surface area contributed by atoms with Crippen LogP contribution < -0.4 is 16.0 Å². The van der Waals surface area contributed by atoms with Crippen LogP contribution in [0.15, 0.2) is 24.3 Å². The molecule has 2 rings (SSSR count). The first-order valence-electron chi connectivity index (χ1n) is 9.03. The predicted octanol–water partition coefficient (Wildman–Crippen LogP) is 2.09. The van der Waals surface area contributed by atoms with Crippen molar-refractivity contribution in [1.29, 1.82) is 0 Å². The van der Waals surface area contributed by atoms with Gasteiger partial charge in [0.1, 0.15) is 11.9 Å². The second-order valence-electron chi connectivity index (χ2n) is 6.97. The van der Waals surface area contributed by atoms with Gasteiger partial charge in [-0.15, -0.1) is 0 Å². The van der Waals surface area contributed by atoms with Gasteiger partial charge in [-0.2, -0.15) is 0 Å². The number of halogens is 1. The van der Waals surface area contributed by atoms with Gasteiger partial charge < -0.3 is 16.0 Å². The quantitative estimate of drug-likeness (QED) is 0.706. The molecule has 2 unspecified atom stereocenters. The van der Waals surface area contributed by atoms with Crippen molar-refractivity contribution >= 4 is 11.8 Å². The lowest BCUT2D eigenvalue weighted by atomic mass is 9.96. The van der Waals surface area contributed by atoms with Crippen LogP contribution in [0.3, 0.4) is 0 Å². The zero-order chi connectivity index (χ0) is 18.2. The van der Waals surface area contributed by atoms with E-state index in [1.807, 2.05) is 13.8 Å². The van der Waals surface area contributed by atoms with Crippen LogP contribution in [0.1, 0.15) is 43.5 Å². The molecule has 1 aliphatic rings. The number of piperidine rings is 1. The highest BCUT2D eigenvalue weighted by molar-refractivity contribution is 5.97. The van der Waals surface area contributed by atoms with Gasteiger partial charge in [-0.25, -0.2) is 4.39 Å². The fourth-order valence-electron chi connectivity index (χ4n) is 3.08. The average molecular weight is 349 g/mol. The van der Waals surface area contributed by atoms with Crippen molar-refractivity contribution in [2.75, 3.05) is 19.6 Å². The smallest absolute Gasteiger partial charge is 0.254 e. The highest BCUT2D eigenvalue weighted by Crippen LogP contribution is 2.13. The van der Waals surface area contributed by atoms with Crippen LogP contribution in [0.25, 0.3) is 0 Å². The maximum absolute atomic E-state index is 13.7. The lowest BCUT2D eigenvalue weighted by molar-refractivity contribution is -0.124. The molecule has 6 heteroatoms. The Bertz CT molecular complexity index is 586. The Hall–Kier alpha value is -1.95. The summed E-state index contributed by atoms with van der Waals surface area (Å²) in [7, 11) is 0. The van der Waals surface area contributed by atoms with E-state index < -0.39 is 17.8 Å². The topological polar surface area (TPSA) is 70.2 Å². The van der Waals surface area contributed by atoms with E-state index in [9.17, 15) is 14.0 Å². The fraction of sp³-hybridized carbons (Fsp3) is 0.579. The summed E-state index contributed by atoms with van der Waals surface area (Å²) < 4.78 is 13.7. The van der Waals surface area contributed by atoms with Gasteiger partial charge in [0.2, 0.25) is 5.91 Å². The minimum atomic E-state index is -0.684. The molecular weight excluding hydrogens is 321 g/mol. The normalized spacial score (nSPS) is 18.6. The Morgan fingerprint density at radius 3 is 2.72 bits per heavy atom. The van der Waals surface area contributed by atoms with Crippen molar-refractivity contribution < 1.29 is 14.0 Å². The average Bonchev–Trinajstić information content (AvgIpc) is 2.60. The number of carbonyl (C=O) groups is 2. The van der Waals surface area contributed by atoms with Gasteiger partial charge in [0.25, 0.3) is 5.91 Å². The maximum atomic E-state index is 13.7. The van der Waals surface area contributed by atoms with E-state index in [0.717, 1.165) is 19.5 Å². The van der Waals surface area contributed by atoms with Crippen molar-refractivity contribution in [3.8, 4) is 0 Å². The van der Waals surface area contributed by atoms with Gasteiger partial charge in [-0.05, 0) is 56.3 Å². The summed E-state index contributed by atoms with van der Waals surface area (Å²) in [6.45, 7) is 6.37. The molecule has 0 aliphatic carbocycles. The molecule has 2 amide bonds. The summed E-state index contributed by atoms with van der Waals surface area (Å²) in [5, 5.41) is 8.92. The van der Waals surface area contributed by atoms with Crippen LogP contribution in [0.4, 0.5) is 4.39 Å². The highest BCUT2D eigenvalue weighted by atomic mass is 19.1. The highest BCUT2D eigenvalue weighted by Gasteiger charge is 2.25. The van der Waals surface area contributed by atoms with Gasteiger partial charge >= 0.3 is 0 Å². The summed E-state index contributed by atoms with van der Waals surface area (Å²) in [6, 6.07) is 5.09. The van der Waals surface area contributed by atoms with Crippen molar-refractivity contribution in [2.24, 2.45) is 11.8 Å². The number of amides is 2. The van der Waals surface area contributed by atoms with E-state index in [1.165, 1.54) is 31.0 Å². The Labute approximate surface area is 148 Å². The second-order valence-corrected chi connectivity index (χ2v) is 6.97. The minimum Gasteiger partial charge on any atom is -0.354 e. The van der Waals surface area contributed by atoms with Crippen LogP contribution in [-0.2, 0) is 4.79 Å². The lowest BCUT2D eigenvalue weighted by Crippen LogP contribution is -2.50. The summed E-state index contributed by atoms with van der Waals surface area (Å²) >= 11 is 0. The molecule has 138 valence electrons. The Morgan fingerprint density at radius 1 is 1.32 bits per heavy atom. The first kappa shape index (κ1) is 19.4. The third kappa shape index (κ3) is 5.81. The van der Waals surface area contributed by atoms with Gasteiger partial charge in [0.05, 0.1) is 5.56 Å². The molecule has 1 fully saturated rings. The molecule has 25 heavy (non-hydrogen) atoms. The summed E-state index contributed by atoms with van der Waals surface area (Å²) in [4.78, 5) is 24.7. The van der Waals surface area contributed by atoms with Crippen molar-refractivity contribution in [2.45, 2.75) is 39.2 Å². The number of benzene rings is 1. The standard InChI is InChI=1S/C19H28FN3O2/c1-13(2)17(23-18(24)15-7-3-4-8-16(15)20)19(25)22-11-9-14-6-5-10-21-12-14/h3-4,7-8,13-14,17,21H,5-6,9-12H2,1-2H3,(H,22,25)(H,23,24). The molecule has 0 bridgehead atoms. The molecule has 0 saturated carbocycles. The summed E-state index contributed by atoms with van der Waals surface area (Å²) in [6.07, 6.45) is 3.28. The van der Waals surface area contributed by atoms with Gasteiger partial charge in [-0.3, -0.25) is 9.59 Å². The number of nitrogens with one attached hydrogen (secondary N) is 3. The Kier molecular flexibility index (Phi) is 7.37. The van der Waals surface area contributed by atoms with E-state index >= 15 is 0 Å². The molecule has 0 aromatic heterocycles. The van der Waals surface area contributed by atoms with Gasteiger partial charge in [-0.1, -0.05) is 26.0 Å². The molecule has 1 aliphatic heterocycles. The van der Waals surface area contributed by atoms with E-state index in [0.29, 0.717) is 12.5 Å². The van der Waals surface area contributed by atoms with Gasteiger partial charge in [0.15, 0.2) is 0 Å². The van der Waals surface area contributed by atoms with E-state index in [-0.39, 0.29) is 17.4 Å². The zero-order valence-corrected chi connectivity index (χ0v) is 15.0. The van der Waals surface area contributed by atoms with E-state index in [4.69, 9.17) is 0 Å². The fourth-order valence-corrected chi connectivity index (χ4v) is 3.08. The van der Waals surface area contributed by atoms with Crippen LogP contribution in [0, 0.1) is 17.7 Å². The molecule has 1 heterocycles. The number of hydrogen-bond donors (Lipinski definition) is 3. The SMILES string of the molecule is CC(C)C(NC(=O)c1ccccc1F)C(=O)NCCC1CCCNC1. The van der Waals surface area contributed by atoms with E-state index in [1.54, 1.807) is 6.07 Å². The monoisotopic (exact) mass is 349 g/mol. The first-order chi connectivity index (χ1) is 12.0. The third-order valence-electron chi connectivity index (χ3n) is 4.60. The molecule has 2 atom stereocenters. The van der Waals surface area contributed by atoms with Crippen LogP contribution in [0.5, 0.6) is 0 Å². The number of rotatable bonds is 7. The molecule has 0 radical (unpaired) electrons. The zero-order valence-electron chi connectivity index (χ0n) is 15.0. The largest absolute Gasteiger partial charge is 0.354 e. The lowest BCUT2D eigenvalue weighted by Gasteiger charge is -2.24. The minimum absolute atomic E-state index is 0.0470. The van der Waals surface area contributed by atoms with Crippen molar-refractivity contribution in [3.05, 3.63) is 35.6 Å². The third-order valence-corrected chi connectivity index (χ3v) is 4.60. The molecule has 3 N–H and O–H groups in total. The van der Waals surface area contributed by atoms with Crippen molar-refractivity contribution in [3.63, 3.8) is 0 Å². The second kappa shape index (κ2) is 9.51. The predicted molar refractivity (Wildman–Crippen MR) is 95.7 cm³/mol. The van der Waals surface area contributed by atoms with Crippen LogP contribution in [-0.4, -0.2) is 37.5 Å². The molecular formula is C19H28FN3O2. The number of hydrogen-bond acceptors (Lipinski definition) is 3. The number of carbonyl (C=O) groups excluding carboxylic acids is 2. The molecule has 1 aromatic rings. The van der Waals surface area contributed by atoms with Crippen LogP contribution in [0.2, 0.25) is 0 Å². The summed E-state index contributed by atoms with van der Waals surface area (Å²) in [5.74, 6) is -0.883. The molecule has 0 spiro atoms. The summed E-state index contributed by atoms with van der Waals surface area (Å²) in [5.41, 5.74) is -0.0470. The first-order valence-corrected chi connectivity index (χ1v) is 9.03. The molecule has 1 saturated heterocycles. The molecule has 5 nitrogen and oxygen atoms in total. The van der Waals surface area contributed by atoms with Crippen molar-refractivity contribution in [1.82, 2.24) is 16.0 Å². The molecule has 1 aromatic carbocycles. The Balaban J connectivity index is 1.87. The van der Waals surface area contributed by atoms with Crippen LogP contribution >= 0.6 is 0 Å². The van der Waals surface area contributed by atoms with Gasteiger partial charge in [0, 0.05) is 6.54 Å². The maximum Gasteiger partial charge on any atom is 0.254 e. The Morgan fingerprint density at radius 2 is 2.08 bits per heavy atom. The van der Waals surface area contributed by atoms with E-state index in [2.05, 4.69) is 16.0 Å².